The van der Waals surface area contributed by atoms with Gasteiger partial charge in [0.25, 0.3) is 0 Å². The van der Waals surface area contributed by atoms with Crippen molar-refractivity contribution in [2.75, 3.05) is 0 Å². The maximum absolute atomic E-state index is 5.74. The lowest BCUT2D eigenvalue weighted by molar-refractivity contribution is 0.0767. The second-order valence-corrected chi connectivity index (χ2v) is 4.47. The average molecular weight is 226 g/mol. The minimum atomic E-state index is -0.475. The first-order valence-electron chi connectivity index (χ1n) is 6.19. The second kappa shape index (κ2) is 5.10. The first-order valence-corrected chi connectivity index (χ1v) is 6.19. The van der Waals surface area contributed by atoms with E-state index in [-0.39, 0.29) is 5.92 Å². The number of unbranched alkanes of at least 4 members (excludes halogenated alkanes) is 1. The first-order chi connectivity index (χ1) is 8.32. The summed E-state index contributed by atoms with van der Waals surface area (Å²) in [5.41, 5.74) is 0.757. The second-order valence-electron chi connectivity index (χ2n) is 4.47. The summed E-state index contributed by atoms with van der Waals surface area (Å²) < 4.78 is 5.74. The van der Waals surface area contributed by atoms with Crippen molar-refractivity contribution >= 4 is 0 Å². The standard InChI is InChI=1S/C16H18O/c1-3-5-12-16(4-2)15(11-13-17-16)14-9-7-6-8-10-14/h2,6-11,13,15H,3,5,12H2,1H3. The molecule has 1 heterocycles. The van der Waals surface area contributed by atoms with E-state index >= 15 is 0 Å². The van der Waals surface area contributed by atoms with Crippen LogP contribution in [0.15, 0.2) is 42.7 Å². The van der Waals surface area contributed by atoms with Crippen LogP contribution in [0.3, 0.4) is 0 Å². The van der Waals surface area contributed by atoms with E-state index in [0.29, 0.717) is 0 Å². The number of benzene rings is 1. The van der Waals surface area contributed by atoms with Gasteiger partial charge >= 0.3 is 0 Å². The van der Waals surface area contributed by atoms with Crippen LogP contribution in [0.5, 0.6) is 0 Å². The Morgan fingerprint density at radius 3 is 2.76 bits per heavy atom. The molecular weight excluding hydrogens is 208 g/mol. The molecule has 1 nitrogen and oxygen atoms in total. The van der Waals surface area contributed by atoms with E-state index < -0.39 is 5.60 Å². The lowest BCUT2D eigenvalue weighted by atomic mass is 9.80. The minimum absolute atomic E-state index is 0.181. The summed E-state index contributed by atoms with van der Waals surface area (Å²) in [5, 5.41) is 0. The van der Waals surface area contributed by atoms with Crippen molar-refractivity contribution in [1.29, 1.82) is 0 Å². The molecule has 0 aromatic heterocycles. The Balaban J connectivity index is 2.26. The fraction of sp³-hybridized carbons (Fsp3) is 0.375. The molecule has 0 aliphatic carbocycles. The zero-order valence-electron chi connectivity index (χ0n) is 10.2. The maximum Gasteiger partial charge on any atom is 0.178 e. The van der Waals surface area contributed by atoms with Crippen molar-refractivity contribution in [3.8, 4) is 12.3 Å². The molecule has 0 bridgehead atoms. The summed E-state index contributed by atoms with van der Waals surface area (Å²) in [6.45, 7) is 2.17. The van der Waals surface area contributed by atoms with Crippen molar-refractivity contribution in [2.45, 2.75) is 37.7 Å². The van der Waals surface area contributed by atoms with Crippen LogP contribution in [-0.2, 0) is 4.74 Å². The van der Waals surface area contributed by atoms with Crippen LogP contribution in [0.1, 0.15) is 37.7 Å². The lowest BCUT2D eigenvalue weighted by Gasteiger charge is -2.29. The SMILES string of the molecule is C#CC1(CCCC)OC=CC1c1ccccc1. The molecule has 0 radical (unpaired) electrons. The number of hydrogen-bond acceptors (Lipinski definition) is 1. The highest BCUT2D eigenvalue weighted by molar-refractivity contribution is 5.35. The molecule has 88 valence electrons. The molecule has 0 saturated heterocycles. The Morgan fingerprint density at radius 2 is 2.12 bits per heavy atom. The van der Waals surface area contributed by atoms with Crippen LogP contribution in [0.2, 0.25) is 0 Å². The predicted molar refractivity (Wildman–Crippen MR) is 70.5 cm³/mol. The van der Waals surface area contributed by atoms with Gasteiger partial charge in [-0.3, -0.25) is 0 Å². The molecular formula is C16H18O. The van der Waals surface area contributed by atoms with E-state index in [1.165, 1.54) is 5.56 Å². The monoisotopic (exact) mass is 226 g/mol. The van der Waals surface area contributed by atoms with Gasteiger partial charge < -0.3 is 4.74 Å². The molecule has 2 atom stereocenters. The highest BCUT2D eigenvalue weighted by Gasteiger charge is 2.40. The summed E-state index contributed by atoms with van der Waals surface area (Å²) in [7, 11) is 0. The van der Waals surface area contributed by atoms with Gasteiger partial charge in [-0.15, -0.1) is 6.42 Å². The van der Waals surface area contributed by atoms with Gasteiger partial charge in [0.2, 0.25) is 0 Å². The summed E-state index contributed by atoms with van der Waals surface area (Å²) >= 11 is 0. The van der Waals surface area contributed by atoms with Crippen molar-refractivity contribution in [3.63, 3.8) is 0 Å². The van der Waals surface area contributed by atoms with E-state index in [9.17, 15) is 0 Å². The molecule has 0 fully saturated rings. The lowest BCUT2D eigenvalue weighted by Crippen LogP contribution is -2.32. The minimum Gasteiger partial charge on any atom is -0.482 e. The molecule has 1 aromatic carbocycles. The topological polar surface area (TPSA) is 9.23 Å². The maximum atomic E-state index is 5.74. The van der Waals surface area contributed by atoms with Crippen LogP contribution in [0.4, 0.5) is 0 Å². The molecule has 2 rings (SSSR count). The van der Waals surface area contributed by atoms with Gasteiger partial charge in [-0.2, -0.15) is 0 Å². The number of rotatable bonds is 4. The molecule has 1 aliphatic heterocycles. The molecule has 1 aromatic rings. The van der Waals surface area contributed by atoms with E-state index in [2.05, 4.69) is 31.1 Å². The third-order valence-electron chi connectivity index (χ3n) is 3.36. The van der Waals surface area contributed by atoms with E-state index in [0.717, 1.165) is 19.3 Å². The van der Waals surface area contributed by atoms with Crippen molar-refractivity contribution < 1.29 is 4.74 Å². The average Bonchev–Trinajstić information content (AvgIpc) is 2.82. The Kier molecular flexibility index (Phi) is 3.54. The van der Waals surface area contributed by atoms with Crippen molar-refractivity contribution in [2.24, 2.45) is 0 Å². The third kappa shape index (κ3) is 2.22. The Hall–Kier alpha value is -1.68. The molecule has 1 heteroatoms. The summed E-state index contributed by atoms with van der Waals surface area (Å²) in [6, 6.07) is 10.3. The van der Waals surface area contributed by atoms with E-state index in [1.807, 2.05) is 18.2 Å². The number of terminal acetylenes is 1. The zero-order chi connectivity index (χ0) is 12.1. The fourth-order valence-electron chi connectivity index (χ4n) is 2.36. The van der Waals surface area contributed by atoms with Crippen LogP contribution in [0, 0.1) is 12.3 Å². The molecule has 0 saturated carbocycles. The van der Waals surface area contributed by atoms with Gasteiger partial charge in [0.05, 0.1) is 12.2 Å². The Bertz CT molecular complexity index is 427. The molecule has 0 amide bonds. The van der Waals surface area contributed by atoms with Crippen LogP contribution in [0.25, 0.3) is 0 Å². The Morgan fingerprint density at radius 1 is 1.35 bits per heavy atom. The third-order valence-corrected chi connectivity index (χ3v) is 3.36. The normalized spacial score (nSPS) is 26.5. The van der Waals surface area contributed by atoms with E-state index in [1.54, 1.807) is 6.26 Å². The van der Waals surface area contributed by atoms with Gasteiger partial charge in [0.15, 0.2) is 5.60 Å². The summed E-state index contributed by atoms with van der Waals surface area (Å²) in [4.78, 5) is 0. The quantitative estimate of drug-likeness (QED) is 0.708. The molecule has 2 unspecified atom stereocenters. The molecule has 17 heavy (non-hydrogen) atoms. The van der Waals surface area contributed by atoms with Crippen molar-refractivity contribution in [1.82, 2.24) is 0 Å². The highest BCUT2D eigenvalue weighted by atomic mass is 16.5. The highest BCUT2D eigenvalue weighted by Crippen LogP contribution is 2.40. The van der Waals surface area contributed by atoms with Gasteiger partial charge in [-0.1, -0.05) is 49.6 Å². The van der Waals surface area contributed by atoms with Gasteiger partial charge in [-0.05, 0) is 24.5 Å². The van der Waals surface area contributed by atoms with Gasteiger partial charge in [0, 0.05) is 0 Å². The molecule has 1 aliphatic rings. The zero-order valence-corrected chi connectivity index (χ0v) is 10.2. The summed E-state index contributed by atoms with van der Waals surface area (Å²) in [5.74, 6) is 3.06. The van der Waals surface area contributed by atoms with E-state index in [4.69, 9.17) is 11.2 Å². The molecule has 0 spiro atoms. The predicted octanol–water partition coefficient (Wildman–Crippen LogP) is 3.88. The fourth-order valence-corrected chi connectivity index (χ4v) is 2.36. The number of hydrogen-bond donors (Lipinski definition) is 0. The van der Waals surface area contributed by atoms with Crippen molar-refractivity contribution in [3.05, 3.63) is 48.2 Å². The van der Waals surface area contributed by atoms with Crippen LogP contribution >= 0.6 is 0 Å². The molecule has 0 N–H and O–H groups in total. The number of ether oxygens (including phenoxy) is 1. The van der Waals surface area contributed by atoms with Crippen LogP contribution < -0.4 is 0 Å². The Labute approximate surface area is 103 Å². The largest absolute Gasteiger partial charge is 0.482 e. The summed E-state index contributed by atoms with van der Waals surface area (Å²) in [6.07, 6.45) is 12.7. The van der Waals surface area contributed by atoms with Gasteiger partial charge in [-0.25, -0.2) is 0 Å². The first kappa shape index (κ1) is 11.8. The van der Waals surface area contributed by atoms with Gasteiger partial charge in [0.1, 0.15) is 0 Å². The van der Waals surface area contributed by atoms with Crippen LogP contribution in [-0.4, -0.2) is 5.60 Å². The smallest absolute Gasteiger partial charge is 0.178 e.